The minimum absolute atomic E-state index is 0.0810. The molecule has 0 saturated carbocycles. The Hall–Kier alpha value is -2.35. The molecule has 1 unspecified atom stereocenters. The van der Waals surface area contributed by atoms with Crippen molar-refractivity contribution in [3.8, 4) is 11.5 Å². The molecule has 0 aromatic heterocycles. The van der Waals surface area contributed by atoms with E-state index in [0.717, 1.165) is 6.07 Å². The molecule has 1 saturated heterocycles. The van der Waals surface area contributed by atoms with Gasteiger partial charge in [-0.2, -0.15) is 0 Å². The van der Waals surface area contributed by atoms with Crippen LogP contribution in [0, 0.1) is 5.82 Å². The highest BCUT2D eigenvalue weighted by atomic mass is 19.1. The van der Waals surface area contributed by atoms with Crippen molar-refractivity contribution in [2.24, 2.45) is 0 Å². The molecule has 0 radical (unpaired) electrons. The predicted molar refractivity (Wildman–Crippen MR) is 72.8 cm³/mol. The fourth-order valence-corrected chi connectivity index (χ4v) is 2.17. The van der Waals surface area contributed by atoms with Gasteiger partial charge in [0.2, 0.25) is 0 Å². The maximum absolute atomic E-state index is 14.1. The topological polar surface area (TPSA) is 85.3 Å². The highest BCUT2D eigenvalue weighted by Crippen LogP contribution is 2.30. The molecule has 1 N–H and O–H groups in total. The van der Waals surface area contributed by atoms with Crippen LogP contribution in [0.3, 0.4) is 0 Å². The van der Waals surface area contributed by atoms with E-state index < -0.39 is 23.8 Å². The first-order valence-electron chi connectivity index (χ1n) is 6.53. The molecule has 1 aliphatic rings. The van der Waals surface area contributed by atoms with E-state index in [1.807, 2.05) is 0 Å². The van der Waals surface area contributed by atoms with Gasteiger partial charge in [0.1, 0.15) is 5.82 Å². The van der Waals surface area contributed by atoms with Crippen LogP contribution >= 0.6 is 0 Å². The first-order chi connectivity index (χ1) is 10.5. The number of carbonyl (C=O) groups is 2. The molecule has 8 heteroatoms. The third-order valence-electron chi connectivity index (χ3n) is 3.33. The van der Waals surface area contributed by atoms with Gasteiger partial charge in [0.05, 0.1) is 32.9 Å². The summed E-state index contributed by atoms with van der Waals surface area (Å²) >= 11 is 0. The molecule has 1 aromatic carbocycles. The maximum Gasteiger partial charge on any atom is 0.334 e. The van der Waals surface area contributed by atoms with E-state index >= 15 is 0 Å². The quantitative estimate of drug-likeness (QED) is 0.884. The zero-order valence-electron chi connectivity index (χ0n) is 12.2. The zero-order chi connectivity index (χ0) is 16.3. The number of hydrogen-bond donors (Lipinski definition) is 1. The highest BCUT2D eigenvalue weighted by molar-refractivity contribution is 5.95. The van der Waals surface area contributed by atoms with Crippen molar-refractivity contribution in [2.45, 2.75) is 6.10 Å². The SMILES string of the molecule is COc1cc(F)c(C(=O)N2CCOC(C(=O)O)C2)cc1OC. The Labute approximate surface area is 126 Å². The summed E-state index contributed by atoms with van der Waals surface area (Å²) in [6.07, 6.45) is -1.11. The maximum atomic E-state index is 14.1. The minimum Gasteiger partial charge on any atom is -0.493 e. The van der Waals surface area contributed by atoms with E-state index in [4.69, 9.17) is 19.3 Å². The number of nitrogens with zero attached hydrogens (tertiary/aromatic N) is 1. The molecule has 22 heavy (non-hydrogen) atoms. The van der Waals surface area contributed by atoms with E-state index in [0.29, 0.717) is 0 Å². The van der Waals surface area contributed by atoms with E-state index in [9.17, 15) is 14.0 Å². The van der Waals surface area contributed by atoms with Gasteiger partial charge in [-0.05, 0) is 6.07 Å². The van der Waals surface area contributed by atoms with Crippen molar-refractivity contribution in [3.63, 3.8) is 0 Å². The number of carboxylic acid groups (broad SMARTS) is 1. The number of carboxylic acids is 1. The van der Waals surface area contributed by atoms with Crippen LogP contribution in [-0.2, 0) is 9.53 Å². The Morgan fingerprint density at radius 1 is 1.32 bits per heavy atom. The van der Waals surface area contributed by atoms with Crippen molar-refractivity contribution in [1.82, 2.24) is 4.90 Å². The summed E-state index contributed by atoms with van der Waals surface area (Å²) in [6, 6.07) is 2.29. The molecular weight excluding hydrogens is 297 g/mol. The van der Waals surface area contributed by atoms with Gasteiger partial charge in [-0.3, -0.25) is 4.79 Å². The van der Waals surface area contributed by atoms with Crippen molar-refractivity contribution < 1.29 is 33.3 Å². The van der Waals surface area contributed by atoms with Crippen molar-refractivity contribution >= 4 is 11.9 Å². The van der Waals surface area contributed by atoms with E-state index in [-0.39, 0.29) is 36.8 Å². The van der Waals surface area contributed by atoms with Gasteiger partial charge in [0.25, 0.3) is 5.91 Å². The molecule has 1 aliphatic heterocycles. The average Bonchev–Trinajstić information content (AvgIpc) is 2.53. The summed E-state index contributed by atoms with van der Waals surface area (Å²) < 4.78 is 29.1. The highest BCUT2D eigenvalue weighted by Gasteiger charge is 2.31. The van der Waals surface area contributed by atoms with Gasteiger partial charge in [-0.1, -0.05) is 0 Å². The number of carbonyl (C=O) groups excluding carboxylic acids is 1. The summed E-state index contributed by atoms with van der Waals surface area (Å²) in [6.45, 7) is 0.135. The van der Waals surface area contributed by atoms with E-state index in [1.54, 1.807) is 0 Å². The van der Waals surface area contributed by atoms with Gasteiger partial charge in [0, 0.05) is 12.6 Å². The van der Waals surface area contributed by atoms with Crippen LogP contribution in [0.1, 0.15) is 10.4 Å². The lowest BCUT2D eigenvalue weighted by molar-refractivity contribution is -0.154. The van der Waals surface area contributed by atoms with Crippen molar-refractivity contribution in [2.75, 3.05) is 33.9 Å². The molecule has 1 heterocycles. The largest absolute Gasteiger partial charge is 0.493 e. The van der Waals surface area contributed by atoms with Gasteiger partial charge in [0.15, 0.2) is 17.6 Å². The van der Waals surface area contributed by atoms with E-state index in [1.165, 1.54) is 25.2 Å². The Morgan fingerprint density at radius 2 is 1.95 bits per heavy atom. The van der Waals surface area contributed by atoms with Crippen LogP contribution in [0.2, 0.25) is 0 Å². The van der Waals surface area contributed by atoms with Crippen LogP contribution < -0.4 is 9.47 Å². The van der Waals surface area contributed by atoms with Gasteiger partial charge in [-0.15, -0.1) is 0 Å². The third-order valence-corrected chi connectivity index (χ3v) is 3.33. The Kier molecular flexibility index (Phi) is 4.81. The molecule has 0 spiro atoms. The molecule has 0 bridgehead atoms. The number of ether oxygens (including phenoxy) is 3. The molecule has 1 fully saturated rings. The number of halogens is 1. The molecule has 0 aliphatic carbocycles. The summed E-state index contributed by atoms with van der Waals surface area (Å²) in [5, 5.41) is 8.94. The standard InChI is InChI=1S/C14H16FNO6/c1-20-10-5-8(9(15)6-11(10)21-2)13(17)16-3-4-22-12(7-16)14(18)19/h5-6,12H,3-4,7H2,1-2H3,(H,18,19). The van der Waals surface area contributed by atoms with Crippen molar-refractivity contribution in [1.29, 1.82) is 0 Å². The summed E-state index contributed by atoms with van der Waals surface area (Å²) in [5.74, 6) is -2.16. The second kappa shape index (κ2) is 6.61. The fraction of sp³-hybridized carbons (Fsp3) is 0.429. The Balaban J connectivity index is 2.27. The van der Waals surface area contributed by atoms with Crippen LogP contribution in [-0.4, -0.2) is 61.9 Å². The third kappa shape index (κ3) is 3.11. The molecule has 7 nitrogen and oxygen atoms in total. The van der Waals surface area contributed by atoms with Gasteiger partial charge < -0.3 is 24.2 Å². The lowest BCUT2D eigenvalue weighted by atomic mass is 10.1. The molecule has 120 valence electrons. The second-order valence-corrected chi connectivity index (χ2v) is 4.64. The summed E-state index contributed by atoms with van der Waals surface area (Å²) in [4.78, 5) is 24.6. The van der Waals surface area contributed by atoms with E-state index in [2.05, 4.69) is 0 Å². The minimum atomic E-state index is -1.16. The Bertz CT molecular complexity index is 591. The number of methoxy groups -OCH3 is 2. The molecular formula is C14H16FNO6. The number of aliphatic carboxylic acids is 1. The molecule has 2 rings (SSSR count). The van der Waals surface area contributed by atoms with Crippen LogP contribution in [0.15, 0.2) is 12.1 Å². The first kappa shape index (κ1) is 16.0. The number of amides is 1. The van der Waals surface area contributed by atoms with Crippen LogP contribution in [0.4, 0.5) is 4.39 Å². The molecule has 1 amide bonds. The average molecular weight is 313 g/mol. The van der Waals surface area contributed by atoms with Gasteiger partial charge >= 0.3 is 5.97 Å². The first-order valence-corrected chi connectivity index (χ1v) is 6.53. The lowest BCUT2D eigenvalue weighted by Crippen LogP contribution is -2.48. The number of hydrogen-bond acceptors (Lipinski definition) is 5. The summed E-state index contributed by atoms with van der Waals surface area (Å²) in [5.41, 5.74) is -0.205. The number of morpholine rings is 1. The summed E-state index contributed by atoms with van der Waals surface area (Å²) in [7, 11) is 2.73. The normalized spacial score (nSPS) is 18.0. The molecule has 1 atom stereocenters. The van der Waals surface area contributed by atoms with Crippen LogP contribution in [0.5, 0.6) is 11.5 Å². The Morgan fingerprint density at radius 3 is 2.55 bits per heavy atom. The van der Waals surface area contributed by atoms with Gasteiger partial charge in [-0.25, -0.2) is 9.18 Å². The number of benzene rings is 1. The number of rotatable bonds is 4. The fourth-order valence-electron chi connectivity index (χ4n) is 2.17. The molecule has 1 aromatic rings. The predicted octanol–water partition coefficient (Wildman–Crippen LogP) is 0.768. The lowest BCUT2D eigenvalue weighted by Gasteiger charge is -2.31. The smallest absolute Gasteiger partial charge is 0.334 e. The monoisotopic (exact) mass is 313 g/mol. The zero-order valence-corrected chi connectivity index (χ0v) is 12.2. The van der Waals surface area contributed by atoms with Crippen molar-refractivity contribution in [3.05, 3.63) is 23.5 Å². The van der Waals surface area contributed by atoms with Crippen LogP contribution in [0.25, 0.3) is 0 Å². The second-order valence-electron chi connectivity index (χ2n) is 4.64.